The average molecular weight is 277 g/mol. The van der Waals surface area contributed by atoms with E-state index in [9.17, 15) is 8.42 Å². The number of nitrogens with two attached hydrogens (primary N) is 1. The van der Waals surface area contributed by atoms with Crippen molar-refractivity contribution in [1.29, 1.82) is 0 Å². The normalized spacial score (nSPS) is 11.2. The van der Waals surface area contributed by atoms with Gasteiger partial charge < -0.3 is 11.1 Å². The lowest BCUT2D eigenvalue weighted by atomic mass is 10.2. The molecule has 0 saturated carbocycles. The minimum Gasteiger partial charge on any atom is -0.397 e. The first-order valence-corrected chi connectivity index (χ1v) is 7.16. The Kier molecular flexibility index (Phi) is 3.73. The molecule has 0 bridgehead atoms. The fraction of sp³-hybridized carbons (Fsp3) is 0.0769. The van der Waals surface area contributed by atoms with Crippen molar-refractivity contribution in [3.05, 3.63) is 48.5 Å². The molecule has 2 rings (SSSR count). The molecule has 0 aromatic heterocycles. The summed E-state index contributed by atoms with van der Waals surface area (Å²) in [7, 11) is -2.11. The minimum absolute atomic E-state index is 0.145. The van der Waals surface area contributed by atoms with E-state index < -0.39 is 10.0 Å². The van der Waals surface area contributed by atoms with E-state index in [1.165, 1.54) is 19.2 Å². The highest BCUT2D eigenvalue weighted by molar-refractivity contribution is 7.89. The predicted octanol–water partition coefficient (Wildman–Crippen LogP) is 1.92. The molecule has 0 spiro atoms. The van der Waals surface area contributed by atoms with Crippen LogP contribution >= 0.6 is 0 Å². The number of hydrogen-bond acceptors (Lipinski definition) is 4. The summed E-state index contributed by atoms with van der Waals surface area (Å²) in [5, 5.41) is 3.13. The molecule has 0 radical (unpaired) electrons. The topological polar surface area (TPSA) is 84.2 Å². The van der Waals surface area contributed by atoms with Crippen LogP contribution in [0.5, 0.6) is 0 Å². The Morgan fingerprint density at radius 1 is 1.05 bits per heavy atom. The Bertz CT molecular complexity index is 670. The van der Waals surface area contributed by atoms with Crippen LogP contribution in [0.15, 0.2) is 53.4 Å². The largest absolute Gasteiger partial charge is 0.397 e. The summed E-state index contributed by atoms with van der Waals surface area (Å²) in [4.78, 5) is 0.145. The Hall–Kier alpha value is -2.05. The fourth-order valence-electron chi connectivity index (χ4n) is 1.62. The van der Waals surface area contributed by atoms with Crippen LogP contribution in [0.1, 0.15) is 0 Å². The van der Waals surface area contributed by atoms with Crippen molar-refractivity contribution in [2.45, 2.75) is 4.90 Å². The van der Waals surface area contributed by atoms with E-state index in [-0.39, 0.29) is 4.90 Å². The summed E-state index contributed by atoms with van der Waals surface area (Å²) in [6.45, 7) is 0. The second kappa shape index (κ2) is 5.29. The molecular formula is C13H15N3O2S. The van der Waals surface area contributed by atoms with Crippen molar-refractivity contribution in [1.82, 2.24) is 4.72 Å². The van der Waals surface area contributed by atoms with Gasteiger partial charge >= 0.3 is 0 Å². The van der Waals surface area contributed by atoms with Crippen LogP contribution in [0, 0.1) is 0 Å². The van der Waals surface area contributed by atoms with E-state index >= 15 is 0 Å². The Morgan fingerprint density at radius 2 is 1.74 bits per heavy atom. The minimum atomic E-state index is -3.47. The quantitative estimate of drug-likeness (QED) is 0.745. The third kappa shape index (κ3) is 3.04. The molecule has 0 aliphatic rings. The maximum Gasteiger partial charge on any atom is 0.240 e. The van der Waals surface area contributed by atoms with Crippen molar-refractivity contribution in [2.24, 2.45) is 0 Å². The standard InChI is InChI=1S/C13H15N3O2S/c1-15-19(17,18)11-7-8-13(12(14)9-11)16-10-5-3-2-4-6-10/h2-9,15-16H,14H2,1H3. The van der Waals surface area contributed by atoms with E-state index in [2.05, 4.69) is 10.0 Å². The van der Waals surface area contributed by atoms with Gasteiger partial charge in [0.25, 0.3) is 0 Å². The van der Waals surface area contributed by atoms with Gasteiger partial charge in [0.05, 0.1) is 16.3 Å². The Labute approximate surface area is 112 Å². The van der Waals surface area contributed by atoms with Crippen LogP contribution < -0.4 is 15.8 Å². The molecule has 0 fully saturated rings. The molecule has 0 saturated heterocycles. The van der Waals surface area contributed by atoms with E-state index in [0.717, 1.165) is 5.69 Å². The first-order valence-electron chi connectivity index (χ1n) is 5.68. The van der Waals surface area contributed by atoms with Crippen LogP contribution in [0.4, 0.5) is 17.1 Å². The van der Waals surface area contributed by atoms with Crippen molar-refractivity contribution < 1.29 is 8.42 Å². The van der Waals surface area contributed by atoms with Crippen LogP contribution in [-0.2, 0) is 10.0 Å². The fourth-order valence-corrected chi connectivity index (χ4v) is 2.38. The molecule has 2 aromatic carbocycles. The molecule has 0 aliphatic heterocycles. The molecule has 0 unspecified atom stereocenters. The van der Waals surface area contributed by atoms with E-state index in [1.807, 2.05) is 30.3 Å². The van der Waals surface area contributed by atoms with Gasteiger partial charge in [-0.25, -0.2) is 13.1 Å². The molecule has 19 heavy (non-hydrogen) atoms. The Morgan fingerprint density at radius 3 is 2.32 bits per heavy atom. The first kappa shape index (κ1) is 13.4. The summed E-state index contributed by atoms with van der Waals surface area (Å²) in [6.07, 6.45) is 0. The van der Waals surface area contributed by atoms with Crippen LogP contribution in [0.3, 0.4) is 0 Å². The molecule has 0 heterocycles. The molecule has 0 amide bonds. The number of benzene rings is 2. The van der Waals surface area contributed by atoms with Crippen LogP contribution in [-0.4, -0.2) is 15.5 Å². The number of anilines is 3. The van der Waals surface area contributed by atoms with Gasteiger partial charge in [-0.05, 0) is 37.4 Å². The highest BCUT2D eigenvalue weighted by Gasteiger charge is 2.12. The lowest BCUT2D eigenvalue weighted by Gasteiger charge is -2.11. The van der Waals surface area contributed by atoms with Crippen molar-refractivity contribution in [3.8, 4) is 0 Å². The van der Waals surface area contributed by atoms with Crippen molar-refractivity contribution in [3.63, 3.8) is 0 Å². The SMILES string of the molecule is CNS(=O)(=O)c1ccc(Nc2ccccc2)c(N)c1. The van der Waals surface area contributed by atoms with E-state index in [0.29, 0.717) is 11.4 Å². The molecule has 4 N–H and O–H groups in total. The molecule has 2 aromatic rings. The third-order valence-electron chi connectivity index (χ3n) is 2.65. The second-order valence-electron chi connectivity index (χ2n) is 3.95. The molecular weight excluding hydrogens is 262 g/mol. The number of sulfonamides is 1. The summed E-state index contributed by atoms with van der Waals surface area (Å²) in [5.74, 6) is 0. The van der Waals surface area contributed by atoms with Crippen LogP contribution in [0.25, 0.3) is 0 Å². The van der Waals surface area contributed by atoms with Gasteiger partial charge in [0.2, 0.25) is 10.0 Å². The number of nitrogens with one attached hydrogen (secondary N) is 2. The third-order valence-corrected chi connectivity index (χ3v) is 4.07. The molecule has 0 atom stereocenters. The number of hydrogen-bond donors (Lipinski definition) is 3. The average Bonchev–Trinajstić information content (AvgIpc) is 2.42. The van der Waals surface area contributed by atoms with Crippen LogP contribution in [0.2, 0.25) is 0 Å². The van der Waals surface area contributed by atoms with Gasteiger partial charge in [-0.1, -0.05) is 18.2 Å². The second-order valence-corrected chi connectivity index (χ2v) is 5.83. The number of rotatable bonds is 4. The van der Waals surface area contributed by atoms with E-state index in [1.54, 1.807) is 6.07 Å². The zero-order valence-electron chi connectivity index (χ0n) is 10.4. The predicted molar refractivity (Wildman–Crippen MR) is 76.8 cm³/mol. The molecule has 6 heteroatoms. The van der Waals surface area contributed by atoms with Gasteiger partial charge in [-0.2, -0.15) is 0 Å². The summed E-state index contributed by atoms with van der Waals surface area (Å²) >= 11 is 0. The molecule has 100 valence electrons. The van der Waals surface area contributed by atoms with Gasteiger partial charge in [0, 0.05) is 5.69 Å². The maximum absolute atomic E-state index is 11.6. The number of para-hydroxylation sites is 1. The van der Waals surface area contributed by atoms with Gasteiger partial charge in [0.15, 0.2) is 0 Å². The summed E-state index contributed by atoms with van der Waals surface area (Å²) in [5.41, 5.74) is 7.80. The van der Waals surface area contributed by atoms with E-state index in [4.69, 9.17) is 5.73 Å². The lowest BCUT2D eigenvalue weighted by molar-refractivity contribution is 0.588. The smallest absolute Gasteiger partial charge is 0.240 e. The zero-order valence-corrected chi connectivity index (χ0v) is 11.2. The highest BCUT2D eigenvalue weighted by atomic mass is 32.2. The molecule has 5 nitrogen and oxygen atoms in total. The highest BCUT2D eigenvalue weighted by Crippen LogP contribution is 2.25. The lowest BCUT2D eigenvalue weighted by Crippen LogP contribution is -2.18. The Balaban J connectivity index is 2.31. The van der Waals surface area contributed by atoms with Gasteiger partial charge in [-0.15, -0.1) is 0 Å². The zero-order chi connectivity index (χ0) is 13.9. The van der Waals surface area contributed by atoms with Crippen molar-refractivity contribution in [2.75, 3.05) is 18.1 Å². The maximum atomic E-state index is 11.6. The molecule has 0 aliphatic carbocycles. The van der Waals surface area contributed by atoms with Gasteiger partial charge in [0.1, 0.15) is 0 Å². The number of nitrogen functional groups attached to an aromatic ring is 1. The van der Waals surface area contributed by atoms with Gasteiger partial charge in [-0.3, -0.25) is 0 Å². The summed E-state index contributed by atoms with van der Waals surface area (Å²) in [6, 6.07) is 14.1. The first-order chi connectivity index (χ1) is 9.03. The van der Waals surface area contributed by atoms with Crippen molar-refractivity contribution >= 4 is 27.1 Å². The monoisotopic (exact) mass is 277 g/mol. The summed E-state index contributed by atoms with van der Waals surface area (Å²) < 4.78 is 25.5.